The molecular formula is C22H54O6Si6. The molecule has 34 heavy (non-hydrogen) atoms. The minimum atomic E-state index is -2.59. The van der Waals surface area contributed by atoms with Crippen LogP contribution in [0, 0.1) is 0 Å². The van der Waals surface area contributed by atoms with Gasteiger partial charge in [0, 0.05) is 12.2 Å². The molecule has 0 saturated carbocycles. The van der Waals surface area contributed by atoms with E-state index in [-0.39, 0.29) is 12.6 Å². The Morgan fingerprint density at radius 3 is 1.53 bits per heavy atom. The zero-order chi connectivity index (χ0) is 27.2. The average Bonchev–Trinajstić information content (AvgIpc) is 2.57. The van der Waals surface area contributed by atoms with Crippen LogP contribution in [0.2, 0.25) is 90.7 Å². The lowest BCUT2D eigenvalue weighted by atomic mass is 10.4. The predicted molar refractivity (Wildman–Crippen MR) is 160 cm³/mol. The van der Waals surface area contributed by atoms with Crippen LogP contribution in [0.5, 0.6) is 0 Å². The monoisotopic (exact) mass is 582 g/mol. The fraction of sp³-hybridized carbons (Fsp3) is 0.864. The highest BCUT2D eigenvalue weighted by molar-refractivity contribution is 7.66. The largest absolute Gasteiger partial charge is 0.462 e. The van der Waals surface area contributed by atoms with Crippen LogP contribution in [0.1, 0.15) is 19.8 Å². The van der Waals surface area contributed by atoms with Crippen LogP contribution in [0.15, 0.2) is 12.2 Å². The van der Waals surface area contributed by atoms with Gasteiger partial charge in [0.2, 0.25) is 7.35 Å². The van der Waals surface area contributed by atoms with Gasteiger partial charge in [-0.25, -0.2) is 4.79 Å². The molecule has 0 unspecified atom stereocenters. The highest BCUT2D eigenvalue weighted by atomic mass is 29.7. The van der Waals surface area contributed by atoms with Gasteiger partial charge in [-0.1, -0.05) is 6.58 Å². The first kappa shape index (κ1) is 34.4. The molecule has 0 aromatic rings. The van der Waals surface area contributed by atoms with E-state index in [2.05, 4.69) is 85.1 Å². The van der Waals surface area contributed by atoms with E-state index >= 15 is 0 Å². The second-order valence-corrected chi connectivity index (χ2v) is 49.7. The molecule has 0 fully saturated rings. The molecule has 0 rings (SSSR count). The zero-order valence-corrected chi connectivity index (χ0v) is 30.4. The number of rotatable bonds is 16. The lowest BCUT2D eigenvalue weighted by molar-refractivity contribution is -0.138. The van der Waals surface area contributed by atoms with Gasteiger partial charge in [-0.05, 0) is 110 Å². The second-order valence-electron chi connectivity index (χ2n) is 13.0. The Hall–Kier alpha value is 0.351. The Kier molecular flexibility index (Phi) is 12.9. The van der Waals surface area contributed by atoms with Crippen LogP contribution in [-0.4, -0.2) is 72.3 Å². The van der Waals surface area contributed by atoms with Gasteiger partial charge >= 0.3 is 5.97 Å². The molecule has 1 N–H and O–H groups in total. The van der Waals surface area contributed by atoms with Crippen LogP contribution in [0.25, 0.3) is 0 Å². The zero-order valence-electron chi connectivity index (χ0n) is 24.4. The lowest BCUT2D eigenvalue weighted by Gasteiger charge is -2.56. The summed E-state index contributed by atoms with van der Waals surface area (Å²) in [7, 11) is -13.1. The lowest BCUT2D eigenvalue weighted by Crippen LogP contribution is -2.81. The molecule has 0 aliphatic heterocycles. The topological polar surface area (TPSA) is 74.2 Å². The van der Waals surface area contributed by atoms with Gasteiger partial charge in [0.15, 0.2) is 40.6 Å². The molecule has 6 nitrogen and oxygen atoms in total. The van der Waals surface area contributed by atoms with E-state index in [0.717, 1.165) is 24.9 Å². The Balaban J connectivity index is 6.58. The number of carbonyl (C=O) groups excluding carboxylic acids is 1. The summed E-state index contributed by atoms with van der Waals surface area (Å²) in [5.41, 5.74) is 0.422. The number of aliphatic hydroxyl groups excluding tert-OH is 1. The van der Waals surface area contributed by atoms with E-state index < -0.39 is 48.0 Å². The number of esters is 1. The van der Waals surface area contributed by atoms with Crippen molar-refractivity contribution in [3.63, 3.8) is 0 Å². The van der Waals surface area contributed by atoms with Gasteiger partial charge in [-0.3, -0.25) is 0 Å². The maximum absolute atomic E-state index is 12.0. The van der Waals surface area contributed by atoms with Gasteiger partial charge < -0.3 is 22.2 Å². The fourth-order valence-corrected chi connectivity index (χ4v) is 72.1. The Morgan fingerprint density at radius 2 is 1.18 bits per heavy atom. The molecule has 0 aliphatic carbocycles. The summed E-state index contributed by atoms with van der Waals surface area (Å²) in [6.07, 6.45) is 1.50. The summed E-state index contributed by atoms with van der Waals surface area (Å²) in [5, 5.41) is 9.52. The molecule has 0 aliphatic rings. The first-order valence-electron chi connectivity index (χ1n) is 12.5. The van der Waals surface area contributed by atoms with E-state index in [0.29, 0.717) is 12.2 Å². The van der Waals surface area contributed by atoms with Crippen molar-refractivity contribution < 1.29 is 27.0 Å². The van der Waals surface area contributed by atoms with Crippen molar-refractivity contribution in [3.8, 4) is 0 Å². The van der Waals surface area contributed by atoms with E-state index in [1.807, 2.05) is 0 Å². The number of aliphatic hydroxyl groups is 1. The summed E-state index contributed by atoms with van der Waals surface area (Å²) in [6.45, 7) is 33.5. The smallest absolute Gasteiger partial charge is 0.333 e. The molecule has 0 aromatic heterocycles. The third-order valence-electron chi connectivity index (χ3n) is 5.71. The van der Waals surface area contributed by atoms with Crippen molar-refractivity contribution in [2.45, 2.75) is 110 Å². The summed E-state index contributed by atoms with van der Waals surface area (Å²) in [4.78, 5) is 12.0. The van der Waals surface area contributed by atoms with Crippen molar-refractivity contribution in [2.24, 2.45) is 0 Å². The number of hydrogen-bond donors (Lipinski definition) is 1. The molecular weight excluding hydrogens is 529 g/mol. The number of ether oxygens (including phenoxy) is 1. The van der Waals surface area contributed by atoms with Crippen LogP contribution in [0.4, 0.5) is 0 Å². The van der Waals surface area contributed by atoms with Crippen molar-refractivity contribution in [3.05, 3.63) is 12.2 Å². The Labute approximate surface area is 216 Å². The van der Waals surface area contributed by atoms with E-state index in [4.69, 9.17) is 17.1 Å². The molecule has 12 heteroatoms. The SMILES string of the molecule is C=C(C)C(=O)OCCC[Si](O[Si](C)(C)CCCO)([Si](C)(C)O[Si](C)(C)C)[Si](C)(C)O[Si](C)(C)C. The predicted octanol–water partition coefficient (Wildman–Crippen LogP) is 6.32. The quantitative estimate of drug-likeness (QED) is 0.0994. The normalized spacial score (nSPS) is 14.3. The van der Waals surface area contributed by atoms with Crippen LogP contribution < -0.4 is 0 Å². The fourth-order valence-electron chi connectivity index (χ4n) is 4.96. The first-order valence-corrected chi connectivity index (χ1v) is 32.4. The molecule has 0 amide bonds. The molecule has 0 radical (unpaired) electrons. The summed E-state index contributed by atoms with van der Waals surface area (Å²) in [6, 6.07) is 1.79. The molecule has 0 bridgehead atoms. The molecule has 0 spiro atoms. The highest BCUT2D eigenvalue weighted by Crippen LogP contribution is 2.41. The van der Waals surface area contributed by atoms with Crippen LogP contribution in [-0.2, 0) is 21.9 Å². The standard InChI is InChI=1S/C22H54O6Si6/c1-21(2)22(24)25-18-16-20-34(28-31(9,10)19-15-17-23,32(11,12)26-29(3,4)5)33(13,14)27-30(6,7)8/h23H,1,15-20H2,2-14H3. The Bertz CT molecular complexity index is 654. The molecule has 0 heterocycles. The van der Waals surface area contributed by atoms with Gasteiger partial charge in [0.1, 0.15) is 0 Å². The van der Waals surface area contributed by atoms with E-state index in [1.54, 1.807) is 6.92 Å². The maximum Gasteiger partial charge on any atom is 0.333 e. The minimum Gasteiger partial charge on any atom is -0.462 e. The molecule has 0 saturated heterocycles. The summed E-state index contributed by atoms with van der Waals surface area (Å²) < 4.78 is 27.2. The van der Waals surface area contributed by atoms with Gasteiger partial charge in [0.25, 0.3) is 0 Å². The van der Waals surface area contributed by atoms with Gasteiger partial charge in [-0.2, -0.15) is 0 Å². The van der Waals surface area contributed by atoms with Gasteiger partial charge in [-0.15, -0.1) is 0 Å². The summed E-state index contributed by atoms with van der Waals surface area (Å²) >= 11 is 0. The highest BCUT2D eigenvalue weighted by Gasteiger charge is 2.66. The minimum absolute atomic E-state index is 0.184. The van der Waals surface area contributed by atoms with Crippen molar-refractivity contribution in [2.75, 3.05) is 13.2 Å². The van der Waals surface area contributed by atoms with E-state index in [1.165, 1.54) is 0 Å². The van der Waals surface area contributed by atoms with Crippen molar-refractivity contribution >= 4 is 53.9 Å². The van der Waals surface area contributed by atoms with Crippen molar-refractivity contribution in [1.82, 2.24) is 0 Å². The molecule has 202 valence electrons. The number of hydrogen-bond acceptors (Lipinski definition) is 6. The third kappa shape index (κ3) is 11.2. The van der Waals surface area contributed by atoms with Gasteiger partial charge in [0.05, 0.1) is 6.61 Å². The Morgan fingerprint density at radius 1 is 0.735 bits per heavy atom. The van der Waals surface area contributed by atoms with Crippen LogP contribution in [0.3, 0.4) is 0 Å². The third-order valence-corrected chi connectivity index (χ3v) is 52.5. The van der Waals surface area contributed by atoms with Crippen LogP contribution >= 0.6 is 0 Å². The average molecular weight is 583 g/mol. The first-order chi connectivity index (χ1) is 15.0. The molecule has 0 aromatic carbocycles. The van der Waals surface area contributed by atoms with Crippen molar-refractivity contribution in [1.29, 1.82) is 0 Å². The molecule has 0 atom stereocenters. The second kappa shape index (κ2) is 12.7. The van der Waals surface area contributed by atoms with E-state index in [9.17, 15) is 9.90 Å². The number of carbonyl (C=O) groups is 1. The summed E-state index contributed by atoms with van der Waals surface area (Å²) in [5.74, 6) is -0.337. The maximum atomic E-state index is 12.0.